The molecule has 26 heavy (non-hydrogen) atoms. The summed E-state index contributed by atoms with van der Waals surface area (Å²) >= 11 is 0. The average Bonchev–Trinajstić information content (AvgIpc) is 3.10. The fourth-order valence-electron chi connectivity index (χ4n) is 3.25. The van der Waals surface area contributed by atoms with Gasteiger partial charge in [-0.3, -0.25) is 14.3 Å². The van der Waals surface area contributed by atoms with Crippen molar-refractivity contribution in [3.05, 3.63) is 47.8 Å². The van der Waals surface area contributed by atoms with E-state index in [0.717, 1.165) is 18.5 Å². The molecule has 0 unspecified atom stereocenters. The van der Waals surface area contributed by atoms with Crippen LogP contribution in [0.3, 0.4) is 0 Å². The SMILES string of the molecule is CC(C)(C)c1cn(C[C@@H]2CCCN(C(=O)C(=O)c3ccccc3)C2)nn1. The van der Waals surface area contributed by atoms with Gasteiger partial charge in [-0.05, 0) is 18.8 Å². The van der Waals surface area contributed by atoms with Crippen molar-refractivity contribution in [3.63, 3.8) is 0 Å². The highest BCUT2D eigenvalue weighted by Crippen LogP contribution is 2.22. The van der Waals surface area contributed by atoms with Crippen LogP contribution in [0.4, 0.5) is 0 Å². The van der Waals surface area contributed by atoms with E-state index in [9.17, 15) is 9.59 Å². The number of likely N-dealkylation sites (tertiary alicyclic amines) is 1. The molecule has 6 nitrogen and oxygen atoms in total. The highest BCUT2D eigenvalue weighted by Gasteiger charge is 2.29. The molecule has 2 aromatic rings. The molecular formula is C20H26N4O2. The first-order valence-corrected chi connectivity index (χ1v) is 9.14. The Labute approximate surface area is 154 Å². The number of hydrogen-bond acceptors (Lipinski definition) is 4. The summed E-state index contributed by atoms with van der Waals surface area (Å²) in [5.74, 6) is -0.553. The van der Waals surface area contributed by atoms with Crippen LogP contribution < -0.4 is 0 Å². The Morgan fingerprint density at radius 3 is 2.58 bits per heavy atom. The molecule has 1 atom stereocenters. The Morgan fingerprint density at radius 2 is 1.92 bits per heavy atom. The molecule has 2 heterocycles. The van der Waals surface area contributed by atoms with Crippen LogP contribution in [0.25, 0.3) is 0 Å². The molecule has 0 aliphatic carbocycles. The van der Waals surface area contributed by atoms with Crippen molar-refractivity contribution in [1.29, 1.82) is 0 Å². The van der Waals surface area contributed by atoms with Gasteiger partial charge >= 0.3 is 0 Å². The highest BCUT2D eigenvalue weighted by atomic mass is 16.2. The molecule has 0 bridgehead atoms. The first kappa shape index (κ1) is 18.3. The summed E-state index contributed by atoms with van der Waals surface area (Å²) < 4.78 is 1.86. The molecule has 1 saturated heterocycles. The second-order valence-electron chi connectivity index (χ2n) is 8.03. The number of rotatable bonds is 4. The van der Waals surface area contributed by atoms with E-state index in [-0.39, 0.29) is 11.3 Å². The molecule has 0 spiro atoms. The zero-order chi connectivity index (χ0) is 18.7. The van der Waals surface area contributed by atoms with Crippen LogP contribution >= 0.6 is 0 Å². The third kappa shape index (κ3) is 4.18. The Bertz CT molecular complexity index is 777. The minimum absolute atomic E-state index is 0.0328. The van der Waals surface area contributed by atoms with Gasteiger partial charge in [0, 0.05) is 36.8 Å². The molecule has 0 N–H and O–H groups in total. The third-order valence-electron chi connectivity index (χ3n) is 4.79. The van der Waals surface area contributed by atoms with Crippen molar-refractivity contribution in [1.82, 2.24) is 19.9 Å². The average molecular weight is 354 g/mol. The summed E-state index contributed by atoms with van der Waals surface area (Å²) in [6.45, 7) is 8.26. The fraction of sp³-hybridized carbons (Fsp3) is 0.500. The van der Waals surface area contributed by atoms with Gasteiger partial charge in [0.1, 0.15) is 0 Å². The Balaban J connectivity index is 1.63. The molecule has 1 aromatic heterocycles. The predicted octanol–water partition coefficient (Wildman–Crippen LogP) is 2.70. The standard InChI is InChI=1S/C20H26N4O2/c1-20(2,3)17-14-24(22-21-17)13-15-8-7-11-23(12-15)19(26)18(25)16-9-5-4-6-10-16/h4-6,9-10,14-15H,7-8,11-13H2,1-3H3/t15-/m1/s1. The Hall–Kier alpha value is -2.50. The summed E-state index contributed by atoms with van der Waals surface area (Å²) in [6.07, 6.45) is 3.91. The predicted molar refractivity (Wildman–Crippen MR) is 98.8 cm³/mol. The quantitative estimate of drug-likeness (QED) is 0.625. The minimum atomic E-state index is -0.429. The number of nitrogens with zero attached hydrogens (tertiary/aromatic N) is 4. The van der Waals surface area contributed by atoms with Crippen molar-refractivity contribution in [2.24, 2.45) is 5.92 Å². The molecule has 1 amide bonds. The second kappa shape index (κ2) is 7.40. The third-order valence-corrected chi connectivity index (χ3v) is 4.79. The van der Waals surface area contributed by atoms with Crippen molar-refractivity contribution in [2.75, 3.05) is 13.1 Å². The number of hydrogen-bond donors (Lipinski definition) is 0. The Kier molecular flexibility index (Phi) is 5.20. The van der Waals surface area contributed by atoms with Gasteiger partial charge in [-0.2, -0.15) is 0 Å². The number of amides is 1. The molecule has 3 rings (SSSR count). The first-order chi connectivity index (χ1) is 12.3. The van der Waals surface area contributed by atoms with E-state index in [0.29, 0.717) is 25.2 Å². The zero-order valence-electron chi connectivity index (χ0n) is 15.7. The fourth-order valence-corrected chi connectivity index (χ4v) is 3.25. The second-order valence-corrected chi connectivity index (χ2v) is 8.03. The lowest BCUT2D eigenvalue weighted by molar-refractivity contribution is -0.128. The van der Waals surface area contributed by atoms with Gasteiger partial charge in [-0.1, -0.05) is 56.3 Å². The number of carbonyl (C=O) groups excluding carboxylic acids is 2. The zero-order valence-corrected chi connectivity index (χ0v) is 15.7. The summed E-state index contributed by atoms with van der Waals surface area (Å²) in [5, 5.41) is 8.48. The topological polar surface area (TPSA) is 68.1 Å². The number of aromatic nitrogens is 3. The summed E-state index contributed by atoms with van der Waals surface area (Å²) in [6, 6.07) is 8.76. The summed E-state index contributed by atoms with van der Waals surface area (Å²) in [7, 11) is 0. The van der Waals surface area contributed by atoms with E-state index in [1.807, 2.05) is 16.9 Å². The largest absolute Gasteiger partial charge is 0.335 e. The lowest BCUT2D eigenvalue weighted by atomic mass is 9.93. The van der Waals surface area contributed by atoms with Crippen molar-refractivity contribution >= 4 is 11.7 Å². The number of carbonyl (C=O) groups is 2. The van der Waals surface area contributed by atoms with Crippen LogP contribution in [0.5, 0.6) is 0 Å². The maximum absolute atomic E-state index is 12.6. The Morgan fingerprint density at radius 1 is 1.19 bits per heavy atom. The molecule has 1 aliphatic heterocycles. The van der Waals surface area contributed by atoms with Crippen LogP contribution in [0.15, 0.2) is 36.5 Å². The van der Waals surface area contributed by atoms with Crippen LogP contribution in [-0.2, 0) is 16.8 Å². The van der Waals surface area contributed by atoms with E-state index in [4.69, 9.17) is 0 Å². The smallest absolute Gasteiger partial charge is 0.294 e. The monoisotopic (exact) mass is 354 g/mol. The van der Waals surface area contributed by atoms with E-state index >= 15 is 0 Å². The van der Waals surface area contributed by atoms with E-state index in [1.165, 1.54) is 0 Å². The molecule has 1 fully saturated rings. The number of benzene rings is 1. The summed E-state index contributed by atoms with van der Waals surface area (Å²) in [5.41, 5.74) is 1.38. The molecular weight excluding hydrogens is 328 g/mol. The normalized spacial score (nSPS) is 18.0. The molecule has 1 aliphatic rings. The number of ketones is 1. The highest BCUT2D eigenvalue weighted by molar-refractivity contribution is 6.42. The molecule has 1 aromatic carbocycles. The van der Waals surface area contributed by atoms with Gasteiger partial charge in [-0.25, -0.2) is 0 Å². The molecule has 0 radical (unpaired) electrons. The van der Waals surface area contributed by atoms with Crippen LogP contribution in [0, 0.1) is 5.92 Å². The van der Waals surface area contributed by atoms with E-state index in [1.54, 1.807) is 29.2 Å². The first-order valence-electron chi connectivity index (χ1n) is 9.14. The van der Waals surface area contributed by atoms with Gasteiger partial charge in [-0.15, -0.1) is 5.10 Å². The molecule has 0 saturated carbocycles. The maximum Gasteiger partial charge on any atom is 0.294 e. The van der Waals surface area contributed by atoms with Crippen molar-refractivity contribution in [3.8, 4) is 0 Å². The van der Waals surface area contributed by atoms with Gasteiger partial charge in [0.2, 0.25) is 5.78 Å². The van der Waals surface area contributed by atoms with Gasteiger partial charge < -0.3 is 4.90 Å². The van der Waals surface area contributed by atoms with Gasteiger partial charge in [0.25, 0.3) is 5.91 Å². The van der Waals surface area contributed by atoms with Crippen LogP contribution in [0.1, 0.15) is 49.7 Å². The number of piperidine rings is 1. The van der Waals surface area contributed by atoms with Gasteiger partial charge in [0.05, 0.1) is 5.69 Å². The summed E-state index contributed by atoms with van der Waals surface area (Å²) in [4.78, 5) is 26.7. The molecule has 138 valence electrons. The van der Waals surface area contributed by atoms with E-state index in [2.05, 4.69) is 31.1 Å². The van der Waals surface area contributed by atoms with Crippen LogP contribution in [0.2, 0.25) is 0 Å². The maximum atomic E-state index is 12.6. The minimum Gasteiger partial charge on any atom is -0.335 e. The lowest BCUT2D eigenvalue weighted by Gasteiger charge is -2.32. The van der Waals surface area contributed by atoms with Crippen molar-refractivity contribution in [2.45, 2.75) is 45.6 Å². The van der Waals surface area contributed by atoms with Gasteiger partial charge in [0.15, 0.2) is 0 Å². The van der Waals surface area contributed by atoms with Crippen LogP contribution in [-0.4, -0.2) is 44.7 Å². The lowest BCUT2D eigenvalue weighted by Crippen LogP contribution is -2.44. The van der Waals surface area contributed by atoms with Crippen molar-refractivity contribution < 1.29 is 9.59 Å². The number of Topliss-reactive ketones (excluding diaryl/α,β-unsaturated/α-hetero) is 1. The molecule has 6 heteroatoms. The van der Waals surface area contributed by atoms with E-state index < -0.39 is 11.7 Å².